The third kappa shape index (κ3) is 2.83. The highest BCUT2D eigenvalue weighted by Crippen LogP contribution is 2.30. The number of methoxy groups -OCH3 is 1. The fourth-order valence-corrected chi connectivity index (χ4v) is 3.07. The highest BCUT2D eigenvalue weighted by atomic mass is 32.1. The van der Waals surface area contributed by atoms with E-state index in [-0.39, 0.29) is 12.7 Å². The van der Waals surface area contributed by atoms with Crippen molar-refractivity contribution in [3.8, 4) is 0 Å². The largest absolute Gasteiger partial charge is 0.391 e. The average molecular weight is 272 g/mol. The second kappa shape index (κ2) is 5.97. The maximum atomic E-state index is 9.35. The zero-order valence-corrected chi connectivity index (χ0v) is 11.9. The van der Waals surface area contributed by atoms with Gasteiger partial charge in [-0.3, -0.25) is 0 Å². The third-order valence-corrected chi connectivity index (χ3v) is 4.16. The van der Waals surface area contributed by atoms with E-state index in [2.05, 4.69) is 23.7 Å². The van der Waals surface area contributed by atoms with Gasteiger partial charge in [-0.05, 0) is 13.8 Å². The van der Waals surface area contributed by atoms with Crippen molar-refractivity contribution in [3.05, 3.63) is 10.6 Å². The van der Waals surface area contributed by atoms with Gasteiger partial charge in [0.2, 0.25) is 0 Å². The average Bonchev–Trinajstić information content (AvgIpc) is 2.76. The Labute approximate surface area is 111 Å². The summed E-state index contributed by atoms with van der Waals surface area (Å²) in [6, 6.07) is 0.314. The second-order valence-corrected chi connectivity index (χ2v) is 5.66. The number of thiazole rings is 1. The van der Waals surface area contributed by atoms with Gasteiger partial charge < -0.3 is 19.5 Å². The lowest BCUT2D eigenvalue weighted by Crippen LogP contribution is -2.47. The number of aromatic nitrogens is 1. The highest BCUT2D eigenvalue weighted by molar-refractivity contribution is 7.15. The van der Waals surface area contributed by atoms with Crippen LogP contribution in [0.1, 0.15) is 24.4 Å². The molecule has 0 spiro atoms. The summed E-state index contributed by atoms with van der Waals surface area (Å²) in [4.78, 5) is 7.72. The van der Waals surface area contributed by atoms with Crippen LogP contribution in [0.4, 0.5) is 5.13 Å². The van der Waals surface area contributed by atoms with Gasteiger partial charge in [0.05, 0.1) is 42.5 Å². The van der Waals surface area contributed by atoms with E-state index in [1.165, 1.54) is 0 Å². The van der Waals surface area contributed by atoms with Gasteiger partial charge in [-0.1, -0.05) is 11.3 Å². The molecule has 0 amide bonds. The molecule has 2 unspecified atom stereocenters. The van der Waals surface area contributed by atoms with Gasteiger partial charge in [0.15, 0.2) is 5.13 Å². The van der Waals surface area contributed by atoms with Crippen molar-refractivity contribution >= 4 is 16.5 Å². The van der Waals surface area contributed by atoms with Gasteiger partial charge in [0.1, 0.15) is 0 Å². The predicted octanol–water partition coefficient (Wildman–Crippen LogP) is 1.40. The van der Waals surface area contributed by atoms with Gasteiger partial charge in [0.25, 0.3) is 0 Å². The molecule has 2 rings (SSSR count). The van der Waals surface area contributed by atoms with E-state index in [1.54, 1.807) is 18.4 Å². The lowest BCUT2D eigenvalue weighted by atomic mass is 10.2. The van der Waals surface area contributed by atoms with Gasteiger partial charge in [-0.2, -0.15) is 0 Å². The van der Waals surface area contributed by atoms with Crippen LogP contribution >= 0.6 is 11.3 Å². The highest BCUT2D eigenvalue weighted by Gasteiger charge is 2.26. The molecule has 0 radical (unpaired) electrons. The first-order valence-electron chi connectivity index (χ1n) is 6.12. The minimum Gasteiger partial charge on any atom is -0.391 e. The molecule has 18 heavy (non-hydrogen) atoms. The molecular weight excluding hydrogens is 252 g/mol. The lowest BCUT2D eigenvalue weighted by Gasteiger charge is -2.36. The van der Waals surface area contributed by atoms with Crippen LogP contribution in [0.2, 0.25) is 0 Å². The summed E-state index contributed by atoms with van der Waals surface area (Å²) >= 11 is 1.54. The van der Waals surface area contributed by atoms with Crippen molar-refractivity contribution in [3.63, 3.8) is 0 Å². The van der Waals surface area contributed by atoms with Crippen LogP contribution in [0.25, 0.3) is 0 Å². The van der Waals surface area contributed by atoms with Crippen molar-refractivity contribution in [2.45, 2.75) is 39.2 Å². The van der Waals surface area contributed by atoms with Crippen molar-refractivity contribution in [1.29, 1.82) is 0 Å². The Balaban J connectivity index is 2.21. The summed E-state index contributed by atoms with van der Waals surface area (Å²) in [6.07, 6.45) is 0.216. The number of hydrogen-bond donors (Lipinski definition) is 1. The molecule has 1 aliphatic heterocycles. The minimum atomic E-state index is 0.0185. The monoisotopic (exact) mass is 272 g/mol. The second-order valence-electron chi connectivity index (χ2n) is 4.60. The molecule has 2 heterocycles. The van der Waals surface area contributed by atoms with E-state index in [0.29, 0.717) is 12.6 Å². The smallest absolute Gasteiger partial charge is 0.186 e. The first-order chi connectivity index (χ1) is 8.65. The first-order valence-corrected chi connectivity index (χ1v) is 6.94. The third-order valence-electron chi connectivity index (χ3n) is 3.05. The fraction of sp³-hybridized carbons (Fsp3) is 0.750. The van der Waals surface area contributed by atoms with E-state index in [0.717, 1.165) is 28.9 Å². The lowest BCUT2D eigenvalue weighted by molar-refractivity contribution is 0.0343. The van der Waals surface area contributed by atoms with E-state index in [1.807, 2.05) is 0 Å². The molecule has 102 valence electrons. The Bertz CT molecular complexity index is 397. The molecular formula is C12H20N2O3S. The number of nitrogens with zero attached hydrogens (tertiary/aromatic N) is 2. The van der Waals surface area contributed by atoms with Crippen molar-refractivity contribution < 1.29 is 14.6 Å². The van der Waals surface area contributed by atoms with Crippen LogP contribution in [0, 0.1) is 0 Å². The van der Waals surface area contributed by atoms with Crippen molar-refractivity contribution in [1.82, 2.24) is 4.98 Å². The predicted molar refractivity (Wildman–Crippen MR) is 71.0 cm³/mol. The summed E-state index contributed by atoms with van der Waals surface area (Å²) in [5.74, 6) is 0. The maximum Gasteiger partial charge on any atom is 0.186 e. The Morgan fingerprint density at radius 3 is 3.00 bits per heavy atom. The Hall–Kier alpha value is -0.690. The van der Waals surface area contributed by atoms with E-state index in [9.17, 15) is 5.11 Å². The number of hydrogen-bond acceptors (Lipinski definition) is 6. The molecule has 5 nitrogen and oxygen atoms in total. The Kier molecular flexibility index (Phi) is 4.55. The molecule has 6 heteroatoms. The number of morpholine rings is 1. The topological polar surface area (TPSA) is 54.8 Å². The zero-order chi connectivity index (χ0) is 13.1. The normalized spacial score (nSPS) is 24.6. The fourth-order valence-electron chi connectivity index (χ4n) is 2.04. The Morgan fingerprint density at radius 2 is 2.33 bits per heavy atom. The maximum absolute atomic E-state index is 9.35. The minimum absolute atomic E-state index is 0.0185. The molecule has 1 aromatic heterocycles. The number of aliphatic hydroxyl groups excluding tert-OH is 1. The van der Waals surface area contributed by atoms with E-state index < -0.39 is 0 Å². The molecule has 0 saturated carbocycles. The van der Waals surface area contributed by atoms with Crippen LogP contribution in [0.15, 0.2) is 0 Å². The quantitative estimate of drug-likeness (QED) is 0.898. The van der Waals surface area contributed by atoms with Crippen LogP contribution in [0.3, 0.4) is 0 Å². The summed E-state index contributed by atoms with van der Waals surface area (Å²) in [5, 5.41) is 10.3. The van der Waals surface area contributed by atoms with Gasteiger partial charge >= 0.3 is 0 Å². The SMILES string of the molecule is COCc1nc(N2CC(C)OCC2C)sc1CO. The summed E-state index contributed by atoms with van der Waals surface area (Å²) in [7, 11) is 1.64. The summed E-state index contributed by atoms with van der Waals surface area (Å²) in [6.45, 7) is 6.21. The van der Waals surface area contributed by atoms with Gasteiger partial charge in [-0.25, -0.2) is 4.98 Å². The number of anilines is 1. The number of ether oxygens (including phenoxy) is 2. The zero-order valence-electron chi connectivity index (χ0n) is 11.0. The number of aliphatic hydroxyl groups is 1. The van der Waals surface area contributed by atoms with E-state index in [4.69, 9.17) is 9.47 Å². The molecule has 1 aliphatic rings. The summed E-state index contributed by atoms with van der Waals surface area (Å²) in [5.41, 5.74) is 0.839. The summed E-state index contributed by atoms with van der Waals surface area (Å²) < 4.78 is 10.7. The Morgan fingerprint density at radius 1 is 1.56 bits per heavy atom. The van der Waals surface area contributed by atoms with Crippen LogP contribution < -0.4 is 4.90 Å². The molecule has 1 N–H and O–H groups in total. The van der Waals surface area contributed by atoms with Crippen LogP contribution in [0.5, 0.6) is 0 Å². The molecule has 0 bridgehead atoms. The molecule has 1 saturated heterocycles. The van der Waals surface area contributed by atoms with E-state index >= 15 is 0 Å². The standard InChI is InChI=1S/C12H20N2O3S/c1-8-6-17-9(2)4-14(8)12-13-10(7-16-3)11(5-15)18-12/h8-9,15H,4-7H2,1-3H3. The van der Waals surface area contributed by atoms with Gasteiger partial charge in [0, 0.05) is 13.7 Å². The molecule has 1 fully saturated rings. The van der Waals surface area contributed by atoms with Crippen LogP contribution in [-0.2, 0) is 22.7 Å². The molecule has 1 aromatic rings. The van der Waals surface area contributed by atoms with Gasteiger partial charge in [-0.15, -0.1) is 0 Å². The number of rotatable bonds is 4. The van der Waals surface area contributed by atoms with Crippen molar-refractivity contribution in [2.75, 3.05) is 25.2 Å². The molecule has 0 aromatic carbocycles. The molecule has 0 aliphatic carbocycles. The first kappa shape index (κ1) is 13.7. The van der Waals surface area contributed by atoms with Crippen molar-refractivity contribution in [2.24, 2.45) is 0 Å². The molecule has 2 atom stereocenters. The van der Waals surface area contributed by atoms with Crippen LogP contribution in [-0.4, -0.2) is 42.5 Å².